The van der Waals surface area contributed by atoms with E-state index < -0.39 is 0 Å². The number of benzene rings is 1. The lowest BCUT2D eigenvalue weighted by molar-refractivity contribution is 0.413. The van der Waals surface area contributed by atoms with E-state index in [-0.39, 0.29) is 5.92 Å². The van der Waals surface area contributed by atoms with Crippen LogP contribution in [0.2, 0.25) is 0 Å². The van der Waals surface area contributed by atoms with Gasteiger partial charge in [-0.3, -0.25) is 0 Å². The van der Waals surface area contributed by atoms with Gasteiger partial charge < -0.3 is 10.1 Å². The Labute approximate surface area is 89.7 Å². The summed E-state index contributed by atoms with van der Waals surface area (Å²) >= 11 is 0. The molecule has 0 spiro atoms. The van der Waals surface area contributed by atoms with E-state index >= 15 is 0 Å². The van der Waals surface area contributed by atoms with Gasteiger partial charge in [0.05, 0.1) is 19.1 Å². The molecule has 3 heteroatoms. The fourth-order valence-electron chi connectivity index (χ4n) is 2.04. The molecule has 2 rings (SSSR count). The van der Waals surface area contributed by atoms with Gasteiger partial charge in [0.25, 0.3) is 0 Å². The first-order chi connectivity index (χ1) is 7.35. The van der Waals surface area contributed by atoms with E-state index in [1.54, 1.807) is 7.11 Å². The first kappa shape index (κ1) is 10.0. The van der Waals surface area contributed by atoms with Crippen LogP contribution in [0.1, 0.15) is 11.5 Å². The molecule has 0 unspecified atom stereocenters. The maximum atomic E-state index is 9.00. The van der Waals surface area contributed by atoms with Gasteiger partial charge in [0.1, 0.15) is 5.75 Å². The summed E-state index contributed by atoms with van der Waals surface area (Å²) in [4.78, 5) is 0. The number of rotatable bonds is 2. The van der Waals surface area contributed by atoms with Gasteiger partial charge >= 0.3 is 0 Å². The smallest absolute Gasteiger partial charge is 0.119 e. The number of nitrogens with one attached hydrogen (secondary N) is 1. The van der Waals surface area contributed by atoms with E-state index in [2.05, 4.69) is 17.5 Å². The second-order valence-electron chi connectivity index (χ2n) is 3.78. The average Bonchev–Trinajstić information content (AvgIpc) is 2.77. The van der Waals surface area contributed by atoms with Crippen LogP contribution in [0.5, 0.6) is 5.75 Å². The second kappa shape index (κ2) is 4.33. The van der Waals surface area contributed by atoms with Crippen LogP contribution in [0, 0.1) is 17.2 Å². The molecular weight excluding hydrogens is 188 g/mol. The highest BCUT2D eigenvalue weighted by molar-refractivity contribution is 5.33. The number of nitriles is 1. The largest absolute Gasteiger partial charge is 0.497 e. The fourth-order valence-corrected chi connectivity index (χ4v) is 2.04. The van der Waals surface area contributed by atoms with Crippen molar-refractivity contribution in [3.63, 3.8) is 0 Å². The van der Waals surface area contributed by atoms with E-state index in [1.165, 1.54) is 5.56 Å². The van der Waals surface area contributed by atoms with Crippen LogP contribution < -0.4 is 10.1 Å². The standard InChI is InChI=1S/C12H14N2O/c1-15-11-4-2-3-9(5-11)12-8-14-7-10(12)6-13/h2-5,10,12,14H,7-8H2,1H3/t10-,12+/m1/s1. The lowest BCUT2D eigenvalue weighted by Gasteiger charge is -2.13. The predicted molar refractivity (Wildman–Crippen MR) is 57.7 cm³/mol. The van der Waals surface area contributed by atoms with Gasteiger partial charge in [-0.2, -0.15) is 5.26 Å². The van der Waals surface area contributed by atoms with Crippen molar-refractivity contribution < 1.29 is 4.74 Å². The molecule has 1 fully saturated rings. The number of hydrogen-bond donors (Lipinski definition) is 1. The van der Waals surface area contributed by atoms with Crippen molar-refractivity contribution in [2.75, 3.05) is 20.2 Å². The van der Waals surface area contributed by atoms with Crippen molar-refractivity contribution in [1.82, 2.24) is 5.32 Å². The topological polar surface area (TPSA) is 45.0 Å². The predicted octanol–water partition coefficient (Wildman–Crippen LogP) is 1.52. The normalized spacial score (nSPS) is 24.8. The molecule has 0 saturated carbocycles. The average molecular weight is 202 g/mol. The van der Waals surface area contributed by atoms with Gasteiger partial charge in [0.2, 0.25) is 0 Å². The zero-order valence-corrected chi connectivity index (χ0v) is 8.73. The number of ether oxygens (including phenoxy) is 1. The molecule has 0 bridgehead atoms. The SMILES string of the molecule is COc1cccc([C@@H]2CNC[C@H]2C#N)c1. The molecule has 0 radical (unpaired) electrons. The molecule has 1 saturated heterocycles. The summed E-state index contributed by atoms with van der Waals surface area (Å²) in [6.45, 7) is 1.67. The number of hydrogen-bond acceptors (Lipinski definition) is 3. The van der Waals surface area contributed by atoms with E-state index in [1.807, 2.05) is 18.2 Å². The van der Waals surface area contributed by atoms with Crippen molar-refractivity contribution in [2.45, 2.75) is 5.92 Å². The van der Waals surface area contributed by atoms with Crippen LogP contribution in [-0.2, 0) is 0 Å². The monoisotopic (exact) mass is 202 g/mol. The molecule has 0 aliphatic carbocycles. The van der Waals surface area contributed by atoms with Crippen molar-refractivity contribution in [3.05, 3.63) is 29.8 Å². The van der Waals surface area contributed by atoms with E-state index in [0.717, 1.165) is 18.8 Å². The fraction of sp³-hybridized carbons (Fsp3) is 0.417. The van der Waals surface area contributed by atoms with E-state index in [4.69, 9.17) is 10.00 Å². The van der Waals surface area contributed by atoms with Crippen LogP contribution in [-0.4, -0.2) is 20.2 Å². The Morgan fingerprint density at radius 2 is 2.33 bits per heavy atom. The lowest BCUT2D eigenvalue weighted by Crippen LogP contribution is -2.08. The van der Waals surface area contributed by atoms with Crippen LogP contribution in [0.15, 0.2) is 24.3 Å². The minimum Gasteiger partial charge on any atom is -0.497 e. The summed E-state index contributed by atoms with van der Waals surface area (Å²) < 4.78 is 5.18. The Hall–Kier alpha value is -1.53. The third kappa shape index (κ3) is 1.95. The van der Waals surface area contributed by atoms with Crippen LogP contribution in [0.25, 0.3) is 0 Å². The van der Waals surface area contributed by atoms with Gasteiger partial charge in [0, 0.05) is 19.0 Å². The molecule has 2 atom stereocenters. The van der Waals surface area contributed by atoms with Crippen molar-refractivity contribution in [1.29, 1.82) is 5.26 Å². The molecule has 1 heterocycles. The van der Waals surface area contributed by atoms with Crippen molar-refractivity contribution in [2.24, 2.45) is 5.92 Å². The van der Waals surface area contributed by atoms with Gasteiger partial charge in [-0.05, 0) is 17.7 Å². The van der Waals surface area contributed by atoms with Crippen LogP contribution >= 0.6 is 0 Å². The Balaban J connectivity index is 2.25. The van der Waals surface area contributed by atoms with Gasteiger partial charge in [-0.15, -0.1) is 0 Å². The van der Waals surface area contributed by atoms with Gasteiger partial charge in [-0.1, -0.05) is 12.1 Å². The summed E-state index contributed by atoms with van der Waals surface area (Å²) in [5.41, 5.74) is 1.19. The maximum absolute atomic E-state index is 9.00. The first-order valence-corrected chi connectivity index (χ1v) is 5.09. The number of nitrogens with zero attached hydrogens (tertiary/aromatic N) is 1. The van der Waals surface area contributed by atoms with Crippen molar-refractivity contribution in [3.8, 4) is 11.8 Å². The minimum absolute atomic E-state index is 0.0807. The molecule has 1 N–H and O–H groups in total. The molecule has 0 aromatic heterocycles. The van der Waals surface area contributed by atoms with Crippen LogP contribution in [0.4, 0.5) is 0 Å². The summed E-state index contributed by atoms with van der Waals surface area (Å²) in [5.74, 6) is 1.23. The van der Waals surface area contributed by atoms with Gasteiger partial charge in [-0.25, -0.2) is 0 Å². The Morgan fingerprint density at radius 1 is 1.47 bits per heavy atom. The Morgan fingerprint density at radius 3 is 3.07 bits per heavy atom. The Kier molecular flexibility index (Phi) is 2.89. The molecule has 15 heavy (non-hydrogen) atoms. The molecular formula is C12H14N2O. The van der Waals surface area contributed by atoms with Crippen LogP contribution in [0.3, 0.4) is 0 Å². The quantitative estimate of drug-likeness (QED) is 0.790. The van der Waals surface area contributed by atoms with E-state index in [0.29, 0.717) is 5.92 Å². The summed E-state index contributed by atoms with van der Waals surface area (Å²) in [5, 5.41) is 12.2. The molecule has 78 valence electrons. The molecule has 0 amide bonds. The molecule has 1 aromatic rings. The highest BCUT2D eigenvalue weighted by Gasteiger charge is 2.28. The highest BCUT2D eigenvalue weighted by atomic mass is 16.5. The maximum Gasteiger partial charge on any atom is 0.119 e. The third-order valence-corrected chi connectivity index (χ3v) is 2.90. The summed E-state index contributed by atoms with van der Waals surface area (Å²) in [6.07, 6.45) is 0. The third-order valence-electron chi connectivity index (χ3n) is 2.90. The minimum atomic E-state index is 0.0807. The first-order valence-electron chi connectivity index (χ1n) is 5.09. The Bertz CT molecular complexity index is 383. The summed E-state index contributed by atoms with van der Waals surface area (Å²) in [7, 11) is 1.66. The molecule has 1 aromatic carbocycles. The number of methoxy groups -OCH3 is 1. The highest BCUT2D eigenvalue weighted by Crippen LogP contribution is 2.29. The van der Waals surface area contributed by atoms with Gasteiger partial charge in [0.15, 0.2) is 0 Å². The molecule has 3 nitrogen and oxygen atoms in total. The lowest BCUT2D eigenvalue weighted by atomic mass is 9.90. The van der Waals surface area contributed by atoms with E-state index in [9.17, 15) is 0 Å². The summed E-state index contributed by atoms with van der Waals surface area (Å²) in [6, 6.07) is 10.3. The molecule has 1 aliphatic rings. The zero-order chi connectivity index (χ0) is 10.7. The van der Waals surface area contributed by atoms with Crippen molar-refractivity contribution >= 4 is 0 Å². The molecule has 1 aliphatic heterocycles. The second-order valence-corrected chi connectivity index (χ2v) is 3.78. The zero-order valence-electron chi connectivity index (χ0n) is 8.73.